The van der Waals surface area contributed by atoms with Gasteiger partial charge in [-0.3, -0.25) is 4.79 Å². The number of carboxylic acid groups (broad SMARTS) is 1. The Morgan fingerprint density at radius 3 is 3.00 bits per heavy atom. The van der Waals surface area contributed by atoms with Gasteiger partial charge in [0.15, 0.2) is 0 Å². The second kappa shape index (κ2) is 6.70. The smallest absolute Gasteiger partial charge is 0.354 e. The van der Waals surface area contributed by atoms with Gasteiger partial charge >= 0.3 is 5.97 Å². The van der Waals surface area contributed by atoms with Gasteiger partial charge in [-0.2, -0.15) is 0 Å². The van der Waals surface area contributed by atoms with E-state index in [1.54, 1.807) is 12.1 Å². The molecule has 17 heavy (non-hydrogen) atoms. The zero-order chi connectivity index (χ0) is 12.7. The molecule has 1 rings (SSSR count). The highest BCUT2D eigenvalue weighted by molar-refractivity contribution is 8.00. The minimum Gasteiger partial charge on any atom is -0.477 e. The molecule has 1 aromatic rings. The molecule has 0 saturated heterocycles. The third kappa shape index (κ3) is 4.69. The molecule has 0 aliphatic heterocycles. The molecule has 0 aliphatic rings. The van der Waals surface area contributed by atoms with Crippen molar-refractivity contribution in [3.8, 4) is 0 Å². The van der Waals surface area contributed by atoms with Crippen molar-refractivity contribution in [1.82, 2.24) is 10.3 Å². The first kappa shape index (κ1) is 13.2. The maximum atomic E-state index is 11.3. The van der Waals surface area contributed by atoms with E-state index in [1.807, 2.05) is 0 Å². The fourth-order valence-electron chi connectivity index (χ4n) is 1.00. The van der Waals surface area contributed by atoms with Crippen molar-refractivity contribution < 1.29 is 14.7 Å². The van der Waals surface area contributed by atoms with Crippen LogP contribution in [-0.4, -0.2) is 34.3 Å². The van der Waals surface area contributed by atoms with Gasteiger partial charge in [-0.1, -0.05) is 6.08 Å². The van der Waals surface area contributed by atoms with Crippen molar-refractivity contribution in [3.63, 3.8) is 0 Å². The lowest BCUT2D eigenvalue weighted by molar-refractivity contribution is -0.118. The van der Waals surface area contributed by atoms with Gasteiger partial charge < -0.3 is 10.4 Å². The second-order valence-electron chi connectivity index (χ2n) is 3.06. The van der Waals surface area contributed by atoms with Crippen LogP contribution in [0.5, 0.6) is 0 Å². The molecule has 2 N–H and O–H groups in total. The number of carbonyl (C=O) groups excluding carboxylic acids is 1. The Kier molecular flexibility index (Phi) is 5.22. The molecule has 0 atom stereocenters. The largest absolute Gasteiger partial charge is 0.477 e. The minimum atomic E-state index is -1.08. The Bertz CT molecular complexity index is 434. The van der Waals surface area contributed by atoms with Gasteiger partial charge in [-0.05, 0) is 12.1 Å². The fourth-order valence-corrected chi connectivity index (χ4v) is 1.76. The van der Waals surface area contributed by atoms with Crippen LogP contribution in [0.3, 0.4) is 0 Å². The van der Waals surface area contributed by atoms with Crippen LogP contribution in [0.15, 0.2) is 35.9 Å². The minimum absolute atomic E-state index is 0.0264. The van der Waals surface area contributed by atoms with Crippen LogP contribution in [0.4, 0.5) is 0 Å². The average Bonchev–Trinajstić information content (AvgIpc) is 2.34. The SMILES string of the molecule is C=CCNC(=O)CSc1ccnc(C(=O)O)c1. The quantitative estimate of drug-likeness (QED) is 0.587. The Morgan fingerprint density at radius 2 is 2.35 bits per heavy atom. The van der Waals surface area contributed by atoms with Gasteiger partial charge in [0.1, 0.15) is 5.69 Å². The molecule has 0 unspecified atom stereocenters. The van der Waals surface area contributed by atoms with E-state index in [0.717, 1.165) is 0 Å². The van der Waals surface area contributed by atoms with Crippen LogP contribution >= 0.6 is 11.8 Å². The molecular formula is C11H12N2O3S. The number of amides is 1. The zero-order valence-electron chi connectivity index (χ0n) is 9.05. The average molecular weight is 252 g/mol. The van der Waals surface area contributed by atoms with Gasteiger partial charge in [0.05, 0.1) is 5.75 Å². The maximum absolute atomic E-state index is 11.3. The van der Waals surface area contributed by atoms with Gasteiger partial charge in [0.2, 0.25) is 5.91 Å². The van der Waals surface area contributed by atoms with Gasteiger partial charge in [0.25, 0.3) is 0 Å². The van der Waals surface area contributed by atoms with E-state index < -0.39 is 5.97 Å². The number of rotatable bonds is 6. The zero-order valence-corrected chi connectivity index (χ0v) is 9.87. The van der Waals surface area contributed by atoms with Crippen molar-refractivity contribution in [2.45, 2.75) is 4.90 Å². The predicted molar refractivity (Wildman–Crippen MR) is 65.1 cm³/mol. The summed E-state index contributed by atoms with van der Waals surface area (Å²) in [5.74, 6) is -0.969. The van der Waals surface area contributed by atoms with Gasteiger partial charge in [-0.25, -0.2) is 9.78 Å². The highest BCUT2D eigenvalue weighted by atomic mass is 32.2. The number of aromatic nitrogens is 1. The fraction of sp³-hybridized carbons (Fsp3) is 0.182. The molecule has 1 amide bonds. The molecule has 1 heterocycles. The molecule has 0 aliphatic carbocycles. The Morgan fingerprint density at radius 1 is 1.59 bits per heavy atom. The van der Waals surface area contributed by atoms with Crippen molar-refractivity contribution in [2.75, 3.05) is 12.3 Å². The molecular weight excluding hydrogens is 240 g/mol. The van der Waals surface area contributed by atoms with Crippen molar-refractivity contribution in [1.29, 1.82) is 0 Å². The van der Waals surface area contributed by atoms with E-state index in [2.05, 4.69) is 16.9 Å². The van der Waals surface area contributed by atoms with Crippen molar-refractivity contribution in [2.24, 2.45) is 0 Å². The summed E-state index contributed by atoms with van der Waals surface area (Å²) < 4.78 is 0. The molecule has 5 nitrogen and oxygen atoms in total. The highest BCUT2D eigenvalue weighted by Gasteiger charge is 2.06. The number of pyridine rings is 1. The molecule has 90 valence electrons. The Labute approximate surface area is 103 Å². The Balaban J connectivity index is 2.51. The second-order valence-corrected chi connectivity index (χ2v) is 4.11. The number of carbonyl (C=O) groups is 2. The van der Waals surface area contributed by atoms with Crippen LogP contribution in [0.2, 0.25) is 0 Å². The topological polar surface area (TPSA) is 79.3 Å². The molecule has 0 aromatic carbocycles. The van der Waals surface area contributed by atoms with Crippen LogP contribution < -0.4 is 5.32 Å². The summed E-state index contributed by atoms with van der Waals surface area (Å²) in [4.78, 5) is 26.3. The first-order valence-electron chi connectivity index (χ1n) is 4.83. The predicted octanol–water partition coefficient (Wildman–Crippen LogP) is 1.17. The third-order valence-corrected chi connectivity index (χ3v) is 2.76. The molecule has 1 aromatic heterocycles. The van der Waals surface area contributed by atoms with Gasteiger partial charge in [0, 0.05) is 17.6 Å². The van der Waals surface area contributed by atoms with E-state index in [0.29, 0.717) is 11.4 Å². The van der Waals surface area contributed by atoms with Crippen LogP contribution in [0.25, 0.3) is 0 Å². The first-order valence-corrected chi connectivity index (χ1v) is 5.82. The van der Waals surface area contributed by atoms with E-state index in [4.69, 9.17) is 5.11 Å². The summed E-state index contributed by atoms with van der Waals surface area (Å²) in [5, 5.41) is 11.4. The standard InChI is InChI=1S/C11H12N2O3S/c1-2-4-13-10(14)7-17-8-3-5-12-9(6-8)11(15)16/h2-3,5-6H,1,4,7H2,(H,13,14)(H,15,16). The Hall–Kier alpha value is -1.82. The summed E-state index contributed by atoms with van der Waals surface area (Å²) in [5.41, 5.74) is -0.0264. The number of hydrogen-bond acceptors (Lipinski definition) is 4. The van der Waals surface area contributed by atoms with Crippen molar-refractivity contribution in [3.05, 3.63) is 36.7 Å². The lowest BCUT2D eigenvalue weighted by Crippen LogP contribution is -2.24. The number of carboxylic acids is 1. The number of thioether (sulfide) groups is 1. The first-order chi connectivity index (χ1) is 8.13. The lowest BCUT2D eigenvalue weighted by atomic mass is 10.3. The maximum Gasteiger partial charge on any atom is 0.354 e. The summed E-state index contributed by atoms with van der Waals surface area (Å²) in [7, 11) is 0. The molecule has 0 saturated carbocycles. The van der Waals surface area contributed by atoms with Gasteiger partial charge in [-0.15, -0.1) is 18.3 Å². The summed E-state index contributed by atoms with van der Waals surface area (Å²) >= 11 is 1.26. The summed E-state index contributed by atoms with van der Waals surface area (Å²) in [6.07, 6.45) is 3.00. The van der Waals surface area contributed by atoms with E-state index in [9.17, 15) is 9.59 Å². The summed E-state index contributed by atoms with van der Waals surface area (Å²) in [6.45, 7) is 3.91. The van der Waals surface area contributed by atoms with E-state index >= 15 is 0 Å². The van der Waals surface area contributed by atoms with E-state index in [1.165, 1.54) is 24.0 Å². The van der Waals surface area contributed by atoms with Crippen LogP contribution in [-0.2, 0) is 4.79 Å². The third-order valence-electron chi connectivity index (χ3n) is 1.76. The number of hydrogen-bond donors (Lipinski definition) is 2. The normalized spacial score (nSPS) is 9.65. The lowest BCUT2D eigenvalue weighted by Gasteiger charge is -2.03. The summed E-state index contributed by atoms with van der Waals surface area (Å²) in [6, 6.07) is 3.10. The molecule has 0 radical (unpaired) electrons. The molecule has 0 fully saturated rings. The molecule has 6 heteroatoms. The van der Waals surface area contributed by atoms with Crippen LogP contribution in [0.1, 0.15) is 10.5 Å². The van der Waals surface area contributed by atoms with Crippen molar-refractivity contribution >= 4 is 23.6 Å². The number of aromatic carboxylic acids is 1. The molecule has 0 bridgehead atoms. The monoisotopic (exact) mass is 252 g/mol. The number of nitrogens with zero attached hydrogens (tertiary/aromatic N) is 1. The van der Waals surface area contributed by atoms with E-state index in [-0.39, 0.29) is 17.4 Å². The highest BCUT2D eigenvalue weighted by Crippen LogP contribution is 2.17. The molecule has 0 spiro atoms. The van der Waals surface area contributed by atoms with Crippen LogP contribution in [0, 0.1) is 0 Å². The number of nitrogens with one attached hydrogen (secondary N) is 1.